The van der Waals surface area contributed by atoms with E-state index in [0.29, 0.717) is 22.6 Å². The monoisotopic (exact) mass is 849 g/mol. The van der Waals surface area contributed by atoms with Crippen molar-refractivity contribution in [1.29, 1.82) is 5.26 Å². The Labute approximate surface area is 384 Å². The SMILES string of the molecule is N#Cc1ccc(-n2c3ccccc3c3cc(-c4ccc(N(c5ccc(C6=CC(c7ccccc7)CC=C6)cc5)c5ccc(C6=CC=CC7c8ccccc8SC67)cc5)cc4)ccc32)cc1. The van der Waals surface area contributed by atoms with E-state index in [4.69, 9.17) is 0 Å². The summed E-state index contributed by atoms with van der Waals surface area (Å²) in [5, 5.41) is 12.2. The van der Waals surface area contributed by atoms with Crippen LogP contribution in [-0.4, -0.2) is 9.82 Å². The first kappa shape index (κ1) is 38.8. The van der Waals surface area contributed by atoms with Crippen molar-refractivity contribution >= 4 is 61.8 Å². The highest BCUT2D eigenvalue weighted by Gasteiger charge is 2.35. The minimum Gasteiger partial charge on any atom is -0.311 e. The average molecular weight is 850 g/mol. The Balaban J connectivity index is 0.895. The maximum atomic E-state index is 9.43. The lowest BCUT2D eigenvalue weighted by molar-refractivity contribution is 0.857. The largest absolute Gasteiger partial charge is 0.311 e. The van der Waals surface area contributed by atoms with Crippen LogP contribution in [0.5, 0.6) is 0 Å². The van der Waals surface area contributed by atoms with Crippen LogP contribution < -0.4 is 4.90 Å². The van der Waals surface area contributed by atoms with Crippen molar-refractivity contribution in [3.8, 4) is 22.9 Å². The van der Waals surface area contributed by atoms with E-state index in [-0.39, 0.29) is 0 Å². The van der Waals surface area contributed by atoms with E-state index >= 15 is 0 Å². The molecule has 0 radical (unpaired) electrons. The minimum absolute atomic E-state index is 0.369. The zero-order valence-corrected chi connectivity index (χ0v) is 36.4. The van der Waals surface area contributed by atoms with Crippen molar-refractivity contribution in [3.63, 3.8) is 0 Å². The topological polar surface area (TPSA) is 32.0 Å². The number of rotatable bonds is 8. The maximum Gasteiger partial charge on any atom is 0.0991 e. The van der Waals surface area contributed by atoms with Crippen LogP contribution in [0.1, 0.15) is 46.1 Å². The first-order valence-corrected chi connectivity index (χ1v) is 23.3. The summed E-state index contributed by atoms with van der Waals surface area (Å²) in [6.07, 6.45) is 14.9. The second-order valence-electron chi connectivity index (χ2n) is 17.1. The highest BCUT2D eigenvalue weighted by atomic mass is 32.2. The first-order chi connectivity index (χ1) is 32.2. The van der Waals surface area contributed by atoms with Crippen molar-refractivity contribution in [2.45, 2.75) is 28.4 Å². The number of benzene rings is 8. The molecule has 65 heavy (non-hydrogen) atoms. The second-order valence-corrected chi connectivity index (χ2v) is 18.3. The van der Waals surface area contributed by atoms with Gasteiger partial charge in [-0.3, -0.25) is 0 Å². The van der Waals surface area contributed by atoms with Crippen LogP contribution in [0.3, 0.4) is 0 Å². The van der Waals surface area contributed by atoms with Crippen molar-refractivity contribution in [2.24, 2.45) is 0 Å². The zero-order chi connectivity index (χ0) is 43.3. The van der Waals surface area contributed by atoms with Gasteiger partial charge in [-0.15, -0.1) is 11.8 Å². The summed E-state index contributed by atoms with van der Waals surface area (Å²) in [5.41, 5.74) is 17.5. The molecule has 0 N–H and O–H groups in total. The third-order valence-corrected chi connectivity index (χ3v) is 14.8. The van der Waals surface area contributed by atoms with Gasteiger partial charge in [-0.1, -0.05) is 146 Å². The van der Waals surface area contributed by atoms with Gasteiger partial charge in [0.15, 0.2) is 0 Å². The Morgan fingerprint density at radius 2 is 1.23 bits per heavy atom. The number of aromatic nitrogens is 1. The molecule has 0 saturated heterocycles. The van der Waals surface area contributed by atoms with E-state index in [9.17, 15) is 5.26 Å². The number of thioether (sulfide) groups is 1. The van der Waals surface area contributed by atoms with Crippen molar-refractivity contribution in [1.82, 2.24) is 4.57 Å². The van der Waals surface area contributed by atoms with E-state index < -0.39 is 0 Å². The molecule has 1 aromatic heterocycles. The maximum absolute atomic E-state index is 9.43. The molecule has 0 spiro atoms. The molecule has 0 saturated carbocycles. The van der Waals surface area contributed by atoms with Gasteiger partial charge >= 0.3 is 0 Å². The van der Waals surface area contributed by atoms with Gasteiger partial charge in [-0.25, -0.2) is 0 Å². The number of fused-ring (bicyclic) bond motifs is 6. The molecule has 12 rings (SSSR count). The number of anilines is 3. The van der Waals surface area contributed by atoms with Crippen LogP contribution in [0.15, 0.2) is 235 Å². The fourth-order valence-corrected chi connectivity index (χ4v) is 11.6. The summed E-state index contributed by atoms with van der Waals surface area (Å²) in [7, 11) is 0. The molecular weight excluding hydrogens is 807 g/mol. The molecule has 308 valence electrons. The van der Waals surface area contributed by atoms with Gasteiger partial charge in [-0.2, -0.15) is 5.26 Å². The van der Waals surface area contributed by atoms with E-state index in [0.717, 1.165) is 51.3 Å². The molecule has 0 fully saturated rings. The number of nitrogens with zero attached hydrogens (tertiary/aromatic N) is 3. The smallest absolute Gasteiger partial charge is 0.0991 e. The normalized spacial score (nSPS) is 17.3. The van der Waals surface area contributed by atoms with E-state index in [1.54, 1.807) is 0 Å². The van der Waals surface area contributed by atoms with E-state index in [1.807, 2.05) is 36.0 Å². The fraction of sp³-hybridized carbons (Fsp3) is 0.0656. The predicted octanol–water partition coefficient (Wildman–Crippen LogP) is 16.1. The third-order valence-electron chi connectivity index (χ3n) is 13.4. The molecule has 9 aromatic rings. The number of hydrogen-bond donors (Lipinski definition) is 0. The van der Waals surface area contributed by atoms with E-state index in [1.165, 1.54) is 49.1 Å². The van der Waals surface area contributed by atoms with Crippen LogP contribution >= 0.6 is 11.8 Å². The summed E-state index contributed by atoms with van der Waals surface area (Å²) >= 11 is 1.99. The Kier molecular flexibility index (Phi) is 9.77. The molecule has 8 aromatic carbocycles. The summed E-state index contributed by atoms with van der Waals surface area (Å²) in [6.45, 7) is 0. The van der Waals surface area contributed by atoms with Crippen LogP contribution in [0.25, 0.3) is 49.8 Å². The van der Waals surface area contributed by atoms with Gasteiger partial charge in [-0.05, 0) is 136 Å². The van der Waals surface area contributed by atoms with Gasteiger partial charge < -0.3 is 9.47 Å². The summed E-state index contributed by atoms with van der Waals surface area (Å²) in [6, 6.07) is 72.4. The fourth-order valence-electron chi connectivity index (χ4n) is 10.1. The molecule has 3 atom stereocenters. The van der Waals surface area contributed by atoms with Crippen LogP contribution in [0, 0.1) is 11.3 Å². The quantitative estimate of drug-likeness (QED) is 0.153. The third kappa shape index (κ3) is 7.02. The van der Waals surface area contributed by atoms with Gasteiger partial charge in [0, 0.05) is 55.5 Å². The average Bonchev–Trinajstić information content (AvgIpc) is 3.93. The highest BCUT2D eigenvalue weighted by Crippen LogP contribution is 2.53. The van der Waals surface area contributed by atoms with Crippen LogP contribution in [0.4, 0.5) is 17.1 Å². The molecule has 3 nitrogen and oxygen atoms in total. The Morgan fingerprint density at radius 3 is 1.98 bits per heavy atom. The van der Waals surface area contributed by atoms with Gasteiger partial charge in [0.05, 0.1) is 22.7 Å². The molecule has 0 amide bonds. The minimum atomic E-state index is 0.369. The number of nitriles is 1. The summed E-state index contributed by atoms with van der Waals surface area (Å²) in [4.78, 5) is 3.77. The molecule has 3 aliphatic rings. The van der Waals surface area contributed by atoms with Crippen molar-refractivity contribution < 1.29 is 0 Å². The van der Waals surface area contributed by atoms with Gasteiger partial charge in [0.2, 0.25) is 0 Å². The number of para-hydroxylation sites is 1. The molecular formula is C61H43N3S. The lowest BCUT2D eigenvalue weighted by Gasteiger charge is -2.27. The Hall–Kier alpha value is -7.84. The molecule has 1 aliphatic heterocycles. The molecule has 3 unspecified atom stereocenters. The first-order valence-electron chi connectivity index (χ1n) is 22.4. The lowest BCUT2D eigenvalue weighted by Crippen LogP contribution is -2.14. The standard InChI is InChI=1S/C61H43N3S/c62-40-41-20-29-52(30-21-41)64-58-18-6-4-14-54(58)57-39-48(28-37-59(57)64)44-24-33-50(34-25-44)63(49-31-22-43(23-32-49)47-13-8-12-46(38-47)42-10-2-1-3-11-42)51-35-26-45(27-36-51)53-16-9-17-56-55-15-5-7-19-60(55)65-61(53)56/h1-11,13-39,46,56,61H,12H2. The molecule has 2 aliphatic carbocycles. The van der Waals surface area contributed by atoms with Crippen molar-refractivity contribution in [2.75, 3.05) is 4.90 Å². The van der Waals surface area contributed by atoms with Crippen LogP contribution in [-0.2, 0) is 0 Å². The number of allylic oxidation sites excluding steroid dienone is 7. The Bertz CT molecular complexity index is 3420. The predicted molar refractivity (Wildman–Crippen MR) is 272 cm³/mol. The lowest BCUT2D eigenvalue weighted by atomic mass is 9.85. The van der Waals surface area contributed by atoms with Crippen LogP contribution in [0.2, 0.25) is 0 Å². The van der Waals surface area contributed by atoms with Crippen molar-refractivity contribution in [3.05, 3.63) is 258 Å². The zero-order valence-electron chi connectivity index (χ0n) is 35.6. The molecule has 0 bridgehead atoms. The summed E-state index contributed by atoms with van der Waals surface area (Å²) < 4.78 is 2.29. The van der Waals surface area contributed by atoms with Gasteiger partial charge in [0.1, 0.15) is 0 Å². The molecule has 2 heterocycles. The highest BCUT2D eigenvalue weighted by molar-refractivity contribution is 8.00. The van der Waals surface area contributed by atoms with Gasteiger partial charge in [0.25, 0.3) is 0 Å². The molecule has 4 heteroatoms. The second kappa shape index (κ2) is 16.4. The number of hydrogen-bond acceptors (Lipinski definition) is 3. The summed E-state index contributed by atoms with van der Waals surface area (Å²) in [5.74, 6) is 0.761. The van der Waals surface area contributed by atoms with E-state index in [2.05, 4.69) is 222 Å². The Morgan fingerprint density at radius 1 is 0.585 bits per heavy atom.